The molecule has 0 spiro atoms. The lowest BCUT2D eigenvalue weighted by Gasteiger charge is -2.29. The maximum absolute atomic E-state index is 12.9. The number of ether oxygens (including phenoxy) is 2. The standard InChI is InChI=1S/C19H26N2O5/c1-13(2)16(17(22)21-11-7-10-15(21)18(23)25-3)20-19(24)26-12-14-8-5-4-6-9-14/h4-6,8-9,13,15-16H,7,10-12H2,1-3H3,(H,20,24)/t15-,16+/m0/s1. The molecule has 0 aromatic heterocycles. The molecular formula is C19H26N2O5. The summed E-state index contributed by atoms with van der Waals surface area (Å²) < 4.78 is 9.98. The van der Waals surface area contributed by atoms with Crippen molar-refractivity contribution in [1.82, 2.24) is 10.2 Å². The lowest BCUT2D eigenvalue weighted by Crippen LogP contribution is -2.54. The Morgan fingerprint density at radius 2 is 1.92 bits per heavy atom. The minimum atomic E-state index is -0.761. The first-order valence-electron chi connectivity index (χ1n) is 8.79. The number of rotatable bonds is 6. The van der Waals surface area contributed by atoms with Crippen LogP contribution < -0.4 is 5.32 Å². The van der Waals surface area contributed by atoms with Crippen molar-refractivity contribution in [1.29, 1.82) is 0 Å². The number of nitrogens with zero attached hydrogens (tertiary/aromatic N) is 1. The Morgan fingerprint density at radius 3 is 2.54 bits per heavy atom. The van der Waals surface area contributed by atoms with Crippen molar-refractivity contribution in [2.45, 2.75) is 45.4 Å². The highest BCUT2D eigenvalue weighted by atomic mass is 16.5. The fourth-order valence-corrected chi connectivity index (χ4v) is 3.00. The highest BCUT2D eigenvalue weighted by Crippen LogP contribution is 2.21. The van der Waals surface area contributed by atoms with Crippen molar-refractivity contribution in [3.8, 4) is 0 Å². The monoisotopic (exact) mass is 362 g/mol. The molecule has 1 N–H and O–H groups in total. The molecular weight excluding hydrogens is 336 g/mol. The van der Waals surface area contributed by atoms with Crippen LogP contribution in [-0.2, 0) is 25.7 Å². The fraction of sp³-hybridized carbons (Fsp3) is 0.526. The van der Waals surface area contributed by atoms with Gasteiger partial charge in [0.15, 0.2) is 0 Å². The first-order valence-corrected chi connectivity index (χ1v) is 8.79. The van der Waals surface area contributed by atoms with Gasteiger partial charge >= 0.3 is 12.1 Å². The predicted molar refractivity (Wildman–Crippen MR) is 95.1 cm³/mol. The van der Waals surface area contributed by atoms with Gasteiger partial charge in [-0.3, -0.25) is 4.79 Å². The first-order chi connectivity index (χ1) is 12.4. The molecule has 1 heterocycles. The van der Waals surface area contributed by atoms with E-state index < -0.39 is 24.1 Å². The van der Waals surface area contributed by atoms with Crippen molar-refractivity contribution in [3.05, 3.63) is 35.9 Å². The molecule has 7 nitrogen and oxygen atoms in total. The molecule has 0 bridgehead atoms. The van der Waals surface area contributed by atoms with E-state index in [1.54, 1.807) is 0 Å². The number of carbonyl (C=O) groups is 3. The lowest BCUT2D eigenvalue weighted by atomic mass is 10.0. The number of esters is 1. The predicted octanol–water partition coefficient (Wildman–Crippen LogP) is 2.10. The highest BCUT2D eigenvalue weighted by Gasteiger charge is 2.39. The van der Waals surface area contributed by atoms with E-state index in [0.717, 1.165) is 12.0 Å². The van der Waals surface area contributed by atoms with Crippen molar-refractivity contribution in [2.75, 3.05) is 13.7 Å². The van der Waals surface area contributed by atoms with Gasteiger partial charge in [-0.15, -0.1) is 0 Å². The van der Waals surface area contributed by atoms with Crippen LogP contribution in [-0.4, -0.2) is 48.6 Å². The molecule has 0 saturated carbocycles. The van der Waals surface area contributed by atoms with Crippen LogP contribution in [0.25, 0.3) is 0 Å². The van der Waals surface area contributed by atoms with Gasteiger partial charge in [-0.1, -0.05) is 44.2 Å². The Kier molecular flexibility index (Phi) is 7.00. The number of hydrogen-bond acceptors (Lipinski definition) is 5. The molecule has 2 amide bonds. The number of likely N-dealkylation sites (tertiary alicyclic amines) is 1. The summed E-state index contributed by atoms with van der Waals surface area (Å²) in [5.74, 6) is -0.861. The zero-order valence-corrected chi connectivity index (χ0v) is 15.4. The van der Waals surface area contributed by atoms with E-state index in [0.29, 0.717) is 13.0 Å². The summed E-state index contributed by atoms with van der Waals surface area (Å²) in [6, 6.07) is 7.95. The number of methoxy groups -OCH3 is 1. The van der Waals surface area contributed by atoms with Crippen molar-refractivity contribution >= 4 is 18.0 Å². The molecule has 2 atom stereocenters. The summed E-state index contributed by atoms with van der Waals surface area (Å²) in [5.41, 5.74) is 0.861. The third-order valence-electron chi connectivity index (χ3n) is 4.43. The molecule has 2 rings (SSSR count). The van der Waals surface area contributed by atoms with Crippen LogP contribution >= 0.6 is 0 Å². The van der Waals surface area contributed by atoms with E-state index in [-0.39, 0.29) is 18.4 Å². The van der Waals surface area contributed by atoms with E-state index in [9.17, 15) is 14.4 Å². The molecule has 26 heavy (non-hydrogen) atoms. The van der Waals surface area contributed by atoms with Gasteiger partial charge in [-0.25, -0.2) is 9.59 Å². The summed E-state index contributed by atoms with van der Waals surface area (Å²) in [6.07, 6.45) is 0.644. The summed E-state index contributed by atoms with van der Waals surface area (Å²) in [4.78, 5) is 38.4. The van der Waals surface area contributed by atoms with Crippen LogP contribution in [0.5, 0.6) is 0 Å². The molecule has 0 aliphatic carbocycles. The molecule has 0 unspecified atom stereocenters. The summed E-state index contributed by atoms with van der Waals surface area (Å²) >= 11 is 0. The van der Waals surface area contributed by atoms with Crippen molar-refractivity contribution in [2.24, 2.45) is 5.92 Å². The maximum atomic E-state index is 12.9. The van der Waals surface area contributed by atoms with Crippen molar-refractivity contribution < 1.29 is 23.9 Å². The topological polar surface area (TPSA) is 84.9 Å². The fourth-order valence-electron chi connectivity index (χ4n) is 3.00. The molecule has 1 aromatic rings. The molecule has 1 aliphatic heterocycles. The second-order valence-electron chi connectivity index (χ2n) is 6.64. The normalized spacial score (nSPS) is 17.7. The minimum absolute atomic E-state index is 0.125. The molecule has 1 aliphatic rings. The SMILES string of the molecule is COC(=O)[C@@H]1CCCN1C(=O)[C@H](NC(=O)OCc1ccccc1)C(C)C. The number of hydrogen-bond donors (Lipinski definition) is 1. The first kappa shape index (κ1) is 19.8. The number of benzene rings is 1. The minimum Gasteiger partial charge on any atom is -0.467 e. The molecule has 142 valence electrons. The lowest BCUT2D eigenvalue weighted by molar-refractivity contribution is -0.151. The zero-order valence-electron chi connectivity index (χ0n) is 15.4. The average molecular weight is 362 g/mol. The summed E-state index contributed by atoms with van der Waals surface area (Å²) in [7, 11) is 1.31. The largest absolute Gasteiger partial charge is 0.467 e. The Labute approximate surface area is 153 Å². The highest BCUT2D eigenvalue weighted by molar-refractivity contribution is 5.90. The summed E-state index contributed by atoms with van der Waals surface area (Å²) in [6.45, 7) is 4.27. The molecule has 1 aromatic carbocycles. The molecule has 1 saturated heterocycles. The number of amides is 2. The van der Waals surface area contributed by atoms with Crippen LogP contribution in [0.2, 0.25) is 0 Å². The molecule has 1 fully saturated rings. The van der Waals surface area contributed by atoms with Crippen LogP contribution in [0.1, 0.15) is 32.3 Å². The number of alkyl carbamates (subject to hydrolysis) is 1. The quantitative estimate of drug-likeness (QED) is 0.784. The van der Waals surface area contributed by atoms with Crippen molar-refractivity contribution in [3.63, 3.8) is 0 Å². The third-order valence-corrected chi connectivity index (χ3v) is 4.43. The van der Waals surface area contributed by atoms with Gasteiger partial charge < -0.3 is 19.7 Å². The van der Waals surface area contributed by atoms with Crippen LogP contribution in [0.15, 0.2) is 30.3 Å². The second kappa shape index (κ2) is 9.22. The third kappa shape index (κ3) is 4.97. The van der Waals surface area contributed by atoms with Gasteiger partial charge in [0.1, 0.15) is 18.7 Å². The number of nitrogens with one attached hydrogen (secondary N) is 1. The van der Waals surface area contributed by atoms with E-state index >= 15 is 0 Å². The van der Waals surface area contributed by atoms with Gasteiger partial charge in [0.05, 0.1) is 7.11 Å². The van der Waals surface area contributed by atoms with Gasteiger partial charge in [0.2, 0.25) is 5.91 Å². The average Bonchev–Trinajstić information content (AvgIpc) is 3.13. The van der Waals surface area contributed by atoms with E-state index in [4.69, 9.17) is 9.47 Å². The van der Waals surface area contributed by atoms with Gasteiger partial charge in [-0.05, 0) is 24.3 Å². The Morgan fingerprint density at radius 1 is 1.23 bits per heavy atom. The smallest absolute Gasteiger partial charge is 0.408 e. The van der Waals surface area contributed by atoms with Gasteiger partial charge in [0.25, 0.3) is 0 Å². The Bertz CT molecular complexity index is 632. The van der Waals surface area contributed by atoms with E-state index in [1.807, 2.05) is 44.2 Å². The zero-order chi connectivity index (χ0) is 19.1. The maximum Gasteiger partial charge on any atom is 0.408 e. The summed E-state index contributed by atoms with van der Waals surface area (Å²) in [5, 5.41) is 2.64. The Hall–Kier alpha value is -2.57. The van der Waals surface area contributed by atoms with Gasteiger partial charge in [-0.2, -0.15) is 0 Å². The van der Waals surface area contributed by atoms with Crippen LogP contribution in [0.3, 0.4) is 0 Å². The Balaban J connectivity index is 1.97. The molecule has 7 heteroatoms. The van der Waals surface area contributed by atoms with Crippen LogP contribution in [0.4, 0.5) is 4.79 Å². The van der Waals surface area contributed by atoms with Crippen LogP contribution in [0, 0.1) is 5.92 Å². The molecule has 0 radical (unpaired) electrons. The van der Waals surface area contributed by atoms with Gasteiger partial charge in [0, 0.05) is 6.54 Å². The van der Waals surface area contributed by atoms with E-state index in [2.05, 4.69) is 5.32 Å². The second-order valence-corrected chi connectivity index (χ2v) is 6.64. The van der Waals surface area contributed by atoms with E-state index in [1.165, 1.54) is 12.0 Å². The number of carbonyl (C=O) groups excluding carboxylic acids is 3.